The van der Waals surface area contributed by atoms with E-state index in [4.69, 9.17) is 5.11 Å². The van der Waals surface area contributed by atoms with Crippen molar-refractivity contribution in [3.05, 3.63) is 57.8 Å². The van der Waals surface area contributed by atoms with Gasteiger partial charge in [-0.1, -0.05) is 30.3 Å². The van der Waals surface area contributed by atoms with Gasteiger partial charge in [-0.05, 0) is 5.56 Å². The molecule has 0 amide bonds. The van der Waals surface area contributed by atoms with Gasteiger partial charge in [0.15, 0.2) is 0 Å². The molecule has 1 heterocycles. The summed E-state index contributed by atoms with van der Waals surface area (Å²) >= 11 is 0. The van der Waals surface area contributed by atoms with E-state index in [0.717, 1.165) is 5.56 Å². The fraction of sp³-hybridized carbons (Fsp3) is 0.167. The summed E-state index contributed by atoms with van der Waals surface area (Å²) in [5.74, 6) is -1.12. The van der Waals surface area contributed by atoms with Gasteiger partial charge in [-0.3, -0.25) is 9.55 Å². The molecular formula is C12H12N2O3. The number of nitrogens with zero attached hydrogens (tertiary/aromatic N) is 1. The molecule has 0 aliphatic rings. The van der Waals surface area contributed by atoms with Crippen LogP contribution in [-0.2, 0) is 13.5 Å². The first-order valence-electron chi connectivity index (χ1n) is 5.14. The number of aromatic amines is 1. The Bertz CT molecular complexity index is 596. The number of hydrogen-bond donors (Lipinski definition) is 2. The largest absolute Gasteiger partial charge is 0.477 e. The van der Waals surface area contributed by atoms with Crippen LogP contribution in [0.1, 0.15) is 21.7 Å². The zero-order chi connectivity index (χ0) is 12.4. The topological polar surface area (TPSA) is 75.1 Å². The Hall–Kier alpha value is -2.30. The maximum absolute atomic E-state index is 11.4. The van der Waals surface area contributed by atoms with Crippen LogP contribution in [0, 0.1) is 0 Å². The van der Waals surface area contributed by atoms with Gasteiger partial charge in [0.2, 0.25) is 0 Å². The van der Waals surface area contributed by atoms with Crippen molar-refractivity contribution >= 4 is 5.97 Å². The third-order valence-corrected chi connectivity index (χ3v) is 2.66. The standard InChI is InChI=1S/C12H12N2O3/c1-14-9(7-8-5-3-2-4-6-8)10(11(15)16)13-12(14)17/h2-6H,7H2,1H3,(H,13,17)(H,15,16). The van der Waals surface area contributed by atoms with Gasteiger partial charge in [-0.15, -0.1) is 0 Å². The van der Waals surface area contributed by atoms with Crippen LogP contribution in [0.2, 0.25) is 0 Å². The minimum absolute atomic E-state index is 0.0404. The van der Waals surface area contributed by atoms with Gasteiger partial charge in [0.25, 0.3) is 0 Å². The molecule has 5 nitrogen and oxygen atoms in total. The van der Waals surface area contributed by atoms with Crippen molar-refractivity contribution in [3.8, 4) is 0 Å². The fourth-order valence-electron chi connectivity index (χ4n) is 1.73. The molecule has 2 aromatic rings. The molecule has 5 heteroatoms. The average Bonchev–Trinajstić information content (AvgIpc) is 2.59. The summed E-state index contributed by atoms with van der Waals surface area (Å²) in [6, 6.07) is 9.42. The van der Waals surface area contributed by atoms with E-state index in [0.29, 0.717) is 12.1 Å². The van der Waals surface area contributed by atoms with Crippen LogP contribution >= 0.6 is 0 Å². The molecule has 2 N–H and O–H groups in total. The number of rotatable bonds is 3. The lowest BCUT2D eigenvalue weighted by molar-refractivity contribution is 0.0689. The van der Waals surface area contributed by atoms with Gasteiger partial charge in [0.1, 0.15) is 5.69 Å². The summed E-state index contributed by atoms with van der Waals surface area (Å²) in [5, 5.41) is 9.00. The first kappa shape index (κ1) is 11.2. The van der Waals surface area contributed by atoms with E-state index in [1.807, 2.05) is 30.3 Å². The van der Waals surface area contributed by atoms with Crippen LogP contribution in [0.3, 0.4) is 0 Å². The van der Waals surface area contributed by atoms with Crippen LogP contribution in [0.4, 0.5) is 0 Å². The maximum atomic E-state index is 11.4. The SMILES string of the molecule is Cn1c(Cc2ccccc2)c(C(=O)O)[nH]c1=O. The number of benzene rings is 1. The summed E-state index contributed by atoms with van der Waals surface area (Å²) < 4.78 is 1.33. The van der Waals surface area contributed by atoms with Gasteiger partial charge < -0.3 is 5.11 Å². The molecule has 1 aromatic heterocycles. The van der Waals surface area contributed by atoms with Crippen molar-refractivity contribution in [3.63, 3.8) is 0 Å². The minimum atomic E-state index is -1.12. The highest BCUT2D eigenvalue weighted by atomic mass is 16.4. The summed E-state index contributed by atoms with van der Waals surface area (Å²) in [6.45, 7) is 0. The third kappa shape index (κ3) is 2.13. The molecule has 0 unspecified atom stereocenters. The second-order valence-corrected chi connectivity index (χ2v) is 3.78. The highest BCUT2D eigenvalue weighted by molar-refractivity contribution is 5.86. The van der Waals surface area contributed by atoms with Crippen molar-refractivity contribution in [1.29, 1.82) is 0 Å². The summed E-state index contributed by atoms with van der Waals surface area (Å²) in [4.78, 5) is 24.7. The Kier molecular flexibility index (Phi) is 2.82. The van der Waals surface area contributed by atoms with E-state index >= 15 is 0 Å². The van der Waals surface area contributed by atoms with Crippen LogP contribution in [0.15, 0.2) is 35.1 Å². The van der Waals surface area contributed by atoms with E-state index in [-0.39, 0.29) is 5.69 Å². The predicted molar refractivity (Wildman–Crippen MR) is 62.2 cm³/mol. The monoisotopic (exact) mass is 232 g/mol. The molecule has 2 rings (SSSR count). The molecule has 0 saturated carbocycles. The number of nitrogens with one attached hydrogen (secondary N) is 1. The van der Waals surface area contributed by atoms with Crippen molar-refractivity contribution in [2.75, 3.05) is 0 Å². The maximum Gasteiger partial charge on any atom is 0.354 e. The van der Waals surface area contributed by atoms with Gasteiger partial charge in [0.05, 0.1) is 5.69 Å². The van der Waals surface area contributed by atoms with Gasteiger partial charge >= 0.3 is 11.7 Å². The Morgan fingerprint density at radius 2 is 2.00 bits per heavy atom. The normalized spacial score (nSPS) is 10.4. The highest BCUT2D eigenvalue weighted by Crippen LogP contribution is 2.11. The minimum Gasteiger partial charge on any atom is -0.477 e. The second kappa shape index (κ2) is 4.29. The number of hydrogen-bond acceptors (Lipinski definition) is 2. The lowest BCUT2D eigenvalue weighted by Gasteiger charge is -2.03. The van der Waals surface area contributed by atoms with E-state index in [1.54, 1.807) is 7.05 Å². The number of carbonyl (C=O) groups is 1. The third-order valence-electron chi connectivity index (χ3n) is 2.66. The molecule has 0 radical (unpaired) electrons. The molecule has 1 aromatic carbocycles. The van der Waals surface area contributed by atoms with Crippen LogP contribution in [0.25, 0.3) is 0 Å². The van der Waals surface area contributed by atoms with Gasteiger partial charge in [-0.2, -0.15) is 0 Å². The second-order valence-electron chi connectivity index (χ2n) is 3.78. The molecule has 0 fully saturated rings. The molecule has 0 aliphatic carbocycles. The van der Waals surface area contributed by atoms with E-state index < -0.39 is 11.7 Å². The van der Waals surface area contributed by atoms with E-state index in [2.05, 4.69) is 4.98 Å². The molecule has 88 valence electrons. The predicted octanol–water partition coefficient (Wildman–Crippen LogP) is 1.00. The Morgan fingerprint density at radius 1 is 1.35 bits per heavy atom. The number of imidazole rings is 1. The molecular weight excluding hydrogens is 220 g/mol. The molecule has 0 saturated heterocycles. The smallest absolute Gasteiger partial charge is 0.354 e. The Balaban J connectivity index is 2.45. The number of aromatic nitrogens is 2. The average molecular weight is 232 g/mol. The summed E-state index contributed by atoms with van der Waals surface area (Å²) in [5.41, 5.74) is 0.994. The van der Waals surface area contributed by atoms with Crippen molar-refractivity contribution in [1.82, 2.24) is 9.55 Å². The van der Waals surface area contributed by atoms with Gasteiger partial charge in [-0.25, -0.2) is 9.59 Å². The van der Waals surface area contributed by atoms with E-state index in [9.17, 15) is 9.59 Å². The first-order chi connectivity index (χ1) is 8.09. The number of aromatic carboxylic acids is 1. The number of carboxylic acids is 1. The zero-order valence-electron chi connectivity index (χ0n) is 9.30. The molecule has 0 atom stereocenters. The zero-order valence-corrected chi connectivity index (χ0v) is 9.30. The van der Waals surface area contributed by atoms with Gasteiger partial charge in [0, 0.05) is 13.5 Å². The van der Waals surface area contributed by atoms with Crippen LogP contribution in [-0.4, -0.2) is 20.6 Å². The lowest BCUT2D eigenvalue weighted by atomic mass is 10.1. The fourth-order valence-corrected chi connectivity index (χ4v) is 1.73. The summed E-state index contributed by atoms with van der Waals surface area (Å²) in [7, 11) is 1.56. The number of carboxylic acid groups (broad SMARTS) is 1. The quantitative estimate of drug-likeness (QED) is 0.829. The lowest BCUT2D eigenvalue weighted by Crippen LogP contribution is -2.14. The van der Waals surface area contributed by atoms with Crippen LogP contribution < -0.4 is 5.69 Å². The van der Waals surface area contributed by atoms with Crippen molar-refractivity contribution in [2.24, 2.45) is 7.05 Å². The van der Waals surface area contributed by atoms with Crippen molar-refractivity contribution in [2.45, 2.75) is 6.42 Å². The Labute approximate surface area is 97.3 Å². The molecule has 0 aliphatic heterocycles. The molecule has 0 bridgehead atoms. The number of H-pyrrole nitrogens is 1. The van der Waals surface area contributed by atoms with E-state index in [1.165, 1.54) is 4.57 Å². The molecule has 0 spiro atoms. The first-order valence-corrected chi connectivity index (χ1v) is 5.14. The Morgan fingerprint density at radius 3 is 2.59 bits per heavy atom. The highest BCUT2D eigenvalue weighted by Gasteiger charge is 2.17. The summed E-state index contributed by atoms with van der Waals surface area (Å²) in [6.07, 6.45) is 0.414. The van der Waals surface area contributed by atoms with Crippen molar-refractivity contribution < 1.29 is 9.90 Å². The van der Waals surface area contributed by atoms with Crippen LogP contribution in [0.5, 0.6) is 0 Å². The molecule has 17 heavy (non-hydrogen) atoms.